The van der Waals surface area contributed by atoms with Crippen LogP contribution in [0.4, 0.5) is 13.6 Å². The lowest BCUT2D eigenvalue weighted by atomic mass is 9.77. The Morgan fingerprint density at radius 1 is 1.00 bits per heavy atom. The molecule has 2 atom stereocenters. The first kappa shape index (κ1) is 22.1. The predicted octanol–water partition coefficient (Wildman–Crippen LogP) is 4.36. The molecule has 2 unspecified atom stereocenters. The third-order valence-electron chi connectivity index (χ3n) is 7.42. The number of pyridine rings is 1. The van der Waals surface area contributed by atoms with Gasteiger partial charge in [0, 0.05) is 24.3 Å². The van der Waals surface area contributed by atoms with Gasteiger partial charge in [-0.3, -0.25) is 4.90 Å². The Morgan fingerprint density at radius 3 is 2.20 bits per heavy atom. The first-order chi connectivity index (χ1) is 16.9. The van der Waals surface area contributed by atoms with Crippen LogP contribution in [0.25, 0.3) is 11.1 Å². The van der Waals surface area contributed by atoms with Crippen molar-refractivity contribution < 1.29 is 28.2 Å². The summed E-state index contributed by atoms with van der Waals surface area (Å²) in [7, 11) is 0. The number of halogens is 2. The molecule has 3 aliphatic rings. The van der Waals surface area contributed by atoms with Gasteiger partial charge in [0.25, 0.3) is 0 Å². The Balaban J connectivity index is 1.21. The van der Waals surface area contributed by atoms with Gasteiger partial charge in [-0.25, -0.2) is 4.79 Å². The van der Waals surface area contributed by atoms with Gasteiger partial charge in [-0.05, 0) is 34.4 Å². The molecule has 1 aromatic heterocycles. The number of carbonyl (C=O) groups excluding carboxylic acids is 1. The van der Waals surface area contributed by atoms with Crippen molar-refractivity contribution in [3.63, 3.8) is 0 Å². The second kappa shape index (κ2) is 8.39. The summed E-state index contributed by atoms with van der Waals surface area (Å²) in [5.41, 5.74) is 2.89. The van der Waals surface area contributed by atoms with E-state index in [1.165, 1.54) is 6.07 Å². The van der Waals surface area contributed by atoms with Crippen molar-refractivity contribution in [2.24, 2.45) is 0 Å². The van der Waals surface area contributed by atoms with Gasteiger partial charge in [0.2, 0.25) is 11.9 Å². The smallest absolute Gasteiger partial charge is 0.410 e. The molecule has 8 heteroatoms. The monoisotopic (exact) mass is 478 g/mol. The molecule has 3 heterocycles. The minimum absolute atomic E-state index is 0.0396. The SMILES string of the molecule is O=C(OCC1c2ccccc2-c2ccccc21)N1C2COCC1CC(O)(c1ccc(F)nc1F)C2. The molecule has 2 bridgehead atoms. The third kappa shape index (κ3) is 3.68. The average molecular weight is 478 g/mol. The van der Waals surface area contributed by atoms with E-state index in [4.69, 9.17) is 9.47 Å². The molecule has 2 fully saturated rings. The lowest BCUT2D eigenvalue weighted by molar-refractivity contribution is -0.137. The van der Waals surface area contributed by atoms with Crippen molar-refractivity contribution in [3.05, 3.63) is 89.2 Å². The van der Waals surface area contributed by atoms with Crippen molar-refractivity contribution in [2.45, 2.75) is 36.4 Å². The molecular weight excluding hydrogens is 454 g/mol. The van der Waals surface area contributed by atoms with Crippen LogP contribution in [0.3, 0.4) is 0 Å². The number of fused-ring (bicyclic) bond motifs is 5. The van der Waals surface area contributed by atoms with Gasteiger partial charge in [-0.15, -0.1) is 0 Å². The van der Waals surface area contributed by atoms with Crippen molar-refractivity contribution in [1.82, 2.24) is 9.88 Å². The normalized spacial score (nSPS) is 25.2. The van der Waals surface area contributed by atoms with Crippen LogP contribution in [0, 0.1) is 11.9 Å². The number of nitrogens with zero attached hydrogens (tertiary/aromatic N) is 2. The zero-order valence-corrected chi connectivity index (χ0v) is 18.9. The highest BCUT2D eigenvalue weighted by Gasteiger charge is 2.50. The number of aliphatic hydroxyl groups is 1. The summed E-state index contributed by atoms with van der Waals surface area (Å²) >= 11 is 0. The van der Waals surface area contributed by atoms with Gasteiger partial charge < -0.3 is 14.6 Å². The minimum Gasteiger partial charge on any atom is -0.448 e. The fourth-order valence-electron chi connectivity index (χ4n) is 5.92. The summed E-state index contributed by atoms with van der Waals surface area (Å²) < 4.78 is 39.2. The fraction of sp³-hybridized carbons (Fsp3) is 0.333. The summed E-state index contributed by atoms with van der Waals surface area (Å²) in [5.74, 6) is -2.06. The van der Waals surface area contributed by atoms with Gasteiger partial charge in [0.15, 0.2) is 0 Å². The molecule has 0 spiro atoms. The molecule has 1 N–H and O–H groups in total. The van der Waals surface area contributed by atoms with Crippen LogP contribution in [-0.4, -0.2) is 53.0 Å². The maximum absolute atomic E-state index is 14.4. The zero-order valence-electron chi connectivity index (χ0n) is 18.9. The summed E-state index contributed by atoms with van der Waals surface area (Å²) in [5, 5.41) is 11.3. The van der Waals surface area contributed by atoms with E-state index in [9.17, 15) is 18.7 Å². The van der Waals surface area contributed by atoms with E-state index in [0.29, 0.717) is 0 Å². The Hall–Kier alpha value is -3.36. The maximum atomic E-state index is 14.4. The van der Waals surface area contributed by atoms with Gasteiger partial charge >= 0.3 is 6.09 Å². The number of carbonyl (C=O) groups is 1. The van der Waals surface area contributed by atoms with E-state index in [1.54, 1.807) is 4.90 Å². The molecule has 180 valence electrons. The molecule has 0 radical (unpaired) electrons. The molecule has 3 aromatic rings. The number of ether oxygens (including phenoxy) is 2. The van der Waals surface area contributed by atoms with Crippen LogP contribution in [0.2, 0.25) is 0 Å². The molecule has 6 nitrogen and oxygen atoms in total. The summed E-state index contributed by atoms with van der Waals surface area (Å²) in [6, 6.07) is 17.5. The van der Waals surface area contributed by atoms with E-state index in [0.717, 1.165) is 28.3 Å². The number of hydrogen-bond acceptors (Lipinski definition) is 5. The molecule has 6 rings (SSSR count). The molecule has 1 amide bonds. The highest BCUT2D eigenvalue weighted by atomic mass is 19.1. The average Bonchev–Trinajstić information content (AvgIpc) is 3.15. The Bertz CT molecular complexity index is 1240. The first-order valence-corrected chi connectivity index (χ1v) is 11.7. The van der Waals surface area contributed by atoms with Crippen molar-refractivity contribution in [2.75, 3.05) is 19.8 Å². The van der Waals surface area contributed by atoms with Gasteiger partial charge in [0.1, 0.15) is 6.61 Å². The first-order valence-electron chi connectivity index (χ1n) is 11.7. The van der Waals surface area contributed by atoms with Gasteiger partial charge in [0.05, 0.1) is 30.9 Å². The van der Waals surface area contributed by atoms with Crippen LogP contribution in [0.15, 0.2) is 60.7 Å². The number of piperidine rings is 1. The van der Waals surface area contributed by atoms with E-state index in [2.05, 4.69) is 29.2 Å². The van der Waals surface area contributed by atoms with Crippen molar-refractivity contribution in [3.8, 4) is 11.1 Å². The standard InChI is InChI=1S/C27H24F2N2O4/c28-24-10-9-23(25(29)30-24)27(33)11-16-13-34-14-17(12-27)31(16)26(32)35-15-22-20-7-3-1-5-18(20)19-6-2-4-8-21(19)22/h1-10,16-17,22,33H,11-15H2. The second-order valence-corrected chi connectivity index (χ2v) is 9.47. The second-order valence-electron chi connectivity index (χ2n) is 9.47. The molecule has 2 saturated heterocycles. The zero-order chi connectivity index (χ0) is 24.2. The van der Waals surface area contributed by atoms with E-state index in [1.807, 2.05) is 24.3 Å². The largest absolute Gasteiger partial charge is 0.448 e. The predicted molar refractivity (Wildman–Crippen MR) is 123 cm³/mol. The Kier molecular flexibility index (Phi) is 5.30. The minimum atomic E-state index is -1.58. The number of rotatable bonds is 3. The topological polar surface area (TPSA) is 71.9 Å². The number of benzene rings is 2. The van der Waals surface area contributed by atoms with Crippen LogP contribution in [0.1, 0.15) is 35.4 Å². The van der Waals surface area contributed by atoms with Gasteiger partial charge in [-0.1, -0.05) is 48.5 Å². The lowest BCUT2D eigenvalue weighted by Gasteiger charge is -2.50. The number of morpholine rings is 1. The van der Waals surface area contributed by atoms with Crippen LogP contribution >= 0.6 is 0 Å². The summed E-state index contributed by atoms with van der Waals surface area (Å²) in [4.78, 5) is 18.1. The lowest BCUT2D eigenvalue weighted by Crippen LogP contribution is -2.62. The van der Waals surface area contributed by atoms with Crippen LogP contribution < -0.4 is 0 Å². The third-order valence-corrected chi connectivity index (χ3v) is 7.42. The summed E-state index contributed by atoms with van der Waals surface area (Å²) in [6.07, 6.45) is -0.402. The van der Waals surface area contributed by atoms with E-state index < -0.39 is 35.7 Å². The quantitative estimate of drug-likeness (QED) is 0.567. The maximum Gasteiger partial charge on any atom is 0.410 e. The number of amides is 1. The number of aromatic nitrogens is 1. The van der Waals surface area contributed by atoms with Crippen LogP contribution in [-0.2, 0) is 15.1 Å². The molecule has 1 aliphatic carbocycles. The Morgan fingerprint density at radius 2 is 1.60 bits per heavy atom. The highest BCUT2D eigenvalue weighted by Crippen LogP contribution is 2.45. The summed E-state index contributed by atoms with van der Waals surface area (Å²) in [6.45, 7) is 0.572. The van der Waals surface area contributed by atoms with Crippen molar-refractivity contribution >= 4 is 6.09 Å². The molecule has 2 aromatic carbocycles. The Labute approximate surface area is 201 Å². The molecule has 2 aliphatic heterocycles. The number of hydrogen-bond donors (Lipinski definition) is 1. The molecule has 0 saturated carbocycles. The molecular formula is C27H24F2N2O4. The fourth-order valence-corrected chi connectivity index (χ4v) is 5.92. The highest BCUT2D eigenvalue weighted by molar-refractivity contribution is 5.79. The van der Waals surface area contributed by atoms with Crippen molar-refractivity contribution in [1.29, 1.82) is 0 Å². The van der Waals surface area contributed by atoms with E-state index >= 15 is 0 Å². The molecule has 35 heavy (non-hydrogen) atoms. The van der Waals surface area contributed by atoms with Gasteiger partial charge in [-0.2, -0.15) is 13.8 Å². The van der Waals surface area contributed by atoms with Crippen LogP contribution in [0.5, 0.6) is 0 Å². The van der Waals surface area contributed by atoms with E-state index in [-0.39, 0.29) is 44.1 Å².